The third-order valence-electron chi connectivity index (χ3n) is 2.62. The Kier molecular flexibility index (Phi) is 2.54. The van der Waals surface area contributed by atoms with Gasteiger partial charge in [-0.15, -0.1) is 6.42 Å². The van der Waals surface area contributed by atoms with Gasteiger partial charge in [0.05, 0.1) is 26.3 Å². The summed E-state index contributed by atoms with van der Waals surface area (Å²) in [6, 6.07) is 0. The number of hydrogen-bond donors (Lipinski definition) is 0. The molecule has 3 nitrogen and oxygen atoms in total. The molecule has 2 aliphatic heterocycles. The summed E-state index contributed by atoms with van der Waals surface area (Å²) >= 11 is 0. The minimum absolute atomic E-state index is 0.324. The number of piperidine rings is 1. The van der Waals surface area contributed by atoms with Gasteiger partial charge in [-0.2, -0.15) is 0 Å². The van der Waals surface area contributed by atoms with Crippen LogP contribution < -0.4 is 0 Å². The van der Waals surface area contributed by atoms with Crippen LogP contribution in [0.4, 0.5) is 0 Å². The minimum Gasteiger partial charge on any atom is -0.346 e. The van der Waals surface area contributed by atoms with Crippen LogP contribution in [0, 0.1) is 12.3 Å². The fourth-order valence-corrected chi connectivity index (χ4v) is 2.07. The van der Waals surface area contributed by atoms with Crippen molar-refractivity contribution in [1.82, 2.24) is 4.90 Å². The lowest BCUT2D eigenvalue weighted by atomic mass is 10.0. The summed E-state index contributed by atoms with van der Waals surface area (Å²) in [5, 5.41) is 0. The van der Waals surface area contributed by atoms with Gasteiger partial charge in [-0.25, -0.2) is 0 Å². The molecule has 0 atom stereocenters. The zero-order valence-corrected chi connectivity index (χ0v) is 7.79. The molecule has 2 heterocycles. The van der Waals surface area contributed by atoms with Gasteiger partial charge >= 0.3 is 0 Å². The summed E-state index contributed by atoms with van der Waals surface area (Å²) in [6.45, 7) is 4.05. The van der Waals surface area contributed by atoms with Gasteiger partial charge in [0.1, 0.15) is 0 Å². The van der Waals surface area contributed by atoms with E-state index in [1.165, 1.54) is 0 Å². The van der Waals surface area contributed by atoms with Gasteiger partial charge in [-0.1, -0.05) is 5.92 Å². The second-order valence-electron chi connectivity index (χ2n) is 3.63. The van der Waals surface area contributed by atoms with Crippen LogP contribution >= 0.6 is 0 Å². The predicted molar refractivity (Wildman–Crippen MR) is 49.1 cm³/mol. The van der Waals surface area contributed by atoms with Crippen LogP contribution in [-0.2, 0) is 9.47 Å². The molecule has 2 aliphatic rings. The van der Waals surface area contributed by atoms with Crippen LogP contribution in [0.1, 0.15) is 12.8 Å². The highest BCUT2D eigenvalue weighted by molar-refractivity contribution is 4.92. The van der Waals surface area contributed by atoms with E-state index in [0.717, 1.165) is 39.1 Å². The average molecular weight is 181 g/mol. The van der Waals surface area contributed by atoms with E-state index in [-0.39, 0.29) is 5.79 Å². The quantitative estimate of drug-likeness (QED) is 0.548. The van der Waals surface area contributed by atoms with Crippen molar-refractivity contribution in [2.75, 3.05) is 32.8 Å². The molecule has 3 heteroatoms. The molecule has 0 aromatic rings. The highest BCUT2D eigenvalue weighted by atomic mass is 16.7. The van der Waals surface area contributed by atoms with Crippen LogP contribution in [0.3, 0.4) is 0 Å². The smallest absolute Gasteiger partial charge is 0.181 e. The molecule has 0 aromatic carbocycles. The SMILES string of the molecule is C#CCN1CCCC2(C1)OCCO2. The number of ether oxygens (including phenoxy) is 2. The Bertz CT molecular complexity index is 215. The Morgan fingerprint density at radius 1 is 1.38 bits per heavy atom. The van der Waals surface area contributed by atoms with Crippen LogP contribution in [-0.4, -0.2) is 43.5 Å². The fraction of sp³-hybridized carbons (Fsp3) is 0.800. The molecule has 0 radical (unpaired) electrons. The second kappa shape index (κ2) is 3.67. The number of hydrogen-bond acceptors (Lipinski definition) is 3. The van der Waals surface area contributed by atoms with E-state index >= 15 is 0 Å². The van der Waals surface area contributed by atoms with Crippen molar-refractivity contribution < 1.29 is 9.47 Å². The first-order chi connectivity index (χ1) is 6.35. The molecular formula is C10H15NO2. The van der Waals surface area contributed by atoms with Gasteiger partial charge < -0.3 is 9.47 Å². The molecule has 2 fully saturated rings. The summed E-state index contributed by atoms with van der Waals surface area (Å²) in [7, 11) is 0. The molecule has 2 saturated heterocycles. The lowest BCUT2D eigenvalue weighted by Crippen LogP contribution is -2.48. The fourth-order valence-electron chi connectivity index (χ4n) is 2.07. The highest BCUT2D eigenvalue weighted by Crippen LogP contribution is 2.29. The van der Waals surface area contributed by atoms with Crippen molar-refractivity contribution in [3.05, 3.63) is 0 Å². The van der Waals surface area contributed by atoms with Gasteiger partial charge in [-0.05, 0) is 13.0 Å². The third kappa shape index (κ3) is 1.86. The minimum atomic E-state index is -0.324. The van der Waals surface area contributed by atoms with Crippen molar-refractivity contribution in [2.45, 2.75) is 18.6 Å². The van der Waals surface area contributed by atoms with E-state index in [2.05, 4.69) is 10.8 Å². The first-order valence-electron chi connectivity index (χ1n) is 4.78. The summed E-state index contributed by atoms with van der Waals surface area (Å²) in [4.78, 5) is 2.22. The van der Waals surface area contributed by atoms with Gasteiger partial charge in [0.25, 0.3) is 0 Å². The van der Waals surface area contributed by atoms with Crippen molar-refractivity contribution in [3.8, 4) is 12.3 Å². The second-order valence-corrected chi connectivity index (χ2v) is 3.63. The average Bonchev–Trinajstić information content (AvgIpc) is 2.54. The monoisotopic (exact) mass is 181 g/mol. The highest BCUT2D eigenvalue weighted by Gasteiger charge is 2.40. The summed E-state index contributed by atoms with van der Waals surface area (Å²) < 4.78 is 11.3. The normalized spacial score (nSPS) is 27.6. The zero-order valence-electron chi connectivity index (χ0n) is 7.79. The Morgan fingerprint density at radius 2 is 2.15 bits per heavy atom. The molecule has 0 amide bonds. The van der Waals surface area contributed by atoms with Crippen LogP contribution in [0.25, 0.3) is 0 Å². The first-order valence-corrected chi connectivity index (χ1v) is 4.78. The Balaban J connectivity index is 1.95. The van der Waals surface area contributed by atoms with E-state index in [1.54, 1.807) is 0 Å². The summed E-state index contributed by atoms with van der Waals surface area (Å²) in [6.07, 6.45) is 7.39. The maximum atomic E-state index is 5.63. The van der Waals surface area contributed by atoms with Gasteiger partial charge in [-0.3, -0.25) is 4.90 Å². The number of terminal acetylenes is 1. The van der Waals surface area contributed by atoms with Crippen LogP contribution in [0.5, 0.6) is 0 Å². The Hall–Kier alpha value is -0.560. The molecule has 0 unspecified atom stereocenters. The molecule has 13 heavy (non-hydrogen) atoms. The lowest BCUT2D eigenvalue weighted by Gasteiger charge is -2.37. The van der Waals surface area contributed by atoms with Crippen molar-refractivity contribution in [1.29, 1.82) is 0 Å². The molecule has 0 bridgehead atoms. The molecule has 2 rings (SSSR count). The largest absolute Gasteiger partial charge is 0.346 e. The number of nitrogens with zero attached hydrogens (tertiary/aromatic N) is 1. The van der Waals surface area contributed by atoms with Gasteiger partial charge in [0.15, 0.2) is 5.79 Å². The predicted octanol–water partition coefficient (Wildman–Crippen LogP) is 0.458. The van der Waals surface area contributed by atoms with E-state index in [1.807, 2.05) is 0 Å². The van der Waals surface area contributed by atoms with Gasteiger partial charge in [0, 0.05) is 6.42 Å². The van der Waals surface area contributed by atoms with Crippen LogP contribution in [0.2, 0.25) is 0 Å². The van der Waals surface area contributed by atoms with Crippen molar-refractivity contribution in [3.63, 3.8) is 0 Å². The van der Waals surface area contributed by atoms with E-state index in [9.17, 15) is 0 Å². The molecule has 72 valence electrons. The molecule has 1 spiro atoms. The summed E-state index contributed by atoms with van der Waals surface area (Å²) in [5.41, 5.74) is 0. The van der Waals surface area contributed by atoms with Gasteiger partial charge in [0.2, 0.25) is 0 Å². The third-order valence-corrected chi connectivity index (χ3v) is 2.62. The standard InChI is InChI=1S/C10H15NO2/c1-2-5-11-6-3-4-10(9-11)12-7-8-13-10/h1H,3-9H2. The van der Waals surface area contributed by atoms with Crippen molar-refractivity contribution in [2.24, 2.45) is 0 Å². The topological polar surface area (TPSA) is 21.7 Å². The molecule has 0 N–H and O–H groups in total. The van der Waals surface area contributed by atoms with Crippen molar-refractivity contribution >= 4 is 0 Å². The zero-order chi connectivity index (χ0) is 9.15. The Labute approximate surface area is 79.0 Å². The van der Waals surface area contributed by atoms with E-state index < -0.39 is 0 Å². The Morgan fingerprint density at radius 3 is 2.85 bits per heavy atom. The molecular weight excluding hydrogens is 166 g/mol. The number of rotatable bonds is 1. The first kappa shape index (κ1) is 9.01. The van der Waals surface area contributed by atoms with E-state index in [0.29, 0.717) is 6.54 Å². The summed E-state index contributed by atoms with van der Waals surface area (Å²) in [5.74, 6) is 2.33. The molecule has 0 aromatic heterocycles. The maximum Gasteiger partial charge on any atom is 0.181 e. The van der Waals surface area contributed by atoms with E-state index in [4.69, 9.17) is 15.9 Å². The molecule has 0 aliphatic carbocycles. The maximum absolute atomic E-state index is 5.63. The lowest BCUT2D eigenvalue weighted by molar-refractivity contribution is -0.187. The van der Waals surface area contributed by atoms with Crippen LogP contribution in [0.15, 0.2) is 0 Å². The molecule has 0 saturated carbocycles. The number of likely N-dealkylation sites (tertiary alicyclic amines) is 1.